The van der Waals surface area contributed by atoms with Crippen molar-refractivity contribution in [1.29, 1.82) is 0 Å². The molecule has 0 radical (unpaired) electrons. The van der Waals surface area contributed by atoms with E-state index in [2.05, 4.69) is 31.2 Å². The average molecular weight is 696 g/mol. The minimum Gasteiger partial charge on any atom is -0.375 e. The van der Waals surface area contributed by atoms with Crippen LogP contribution in [0.15, 0.2) is 18.6 Å². The number of hydrogen-bond acceptors (Lipinski definition) is 9. The predicted octanol–water partition coefficient (Wildman–Crippen LogP) is 3.01. The molecule has 0 bridgehead atoms. The number of fused-ring (bicyclic) bond motifs is 1. The molecule has 4 fully saturated rings. The summed E-state index contributed by atoms with van der Waals surface area (Å²) in [5.74, 6) is -2.79. The van der Waals surface area contributed by atoms with Crippen molar-refractivity contribution in [2.24, 2.45) is 23.2 Å². The Balaban J connectivity index is 1.34. The van der Waals surface area contributed by atoms with Crippen LogP contribution in [0.5, 0.6) is 0 Å². The molecule has 14 nitrogen and oxygen atoms in total. The first kappa shape index (κ1) is 37.2. The highest BCUT2D eigenvalue weighted by atomic mass is 16.6. The standard InChI is InChI=1S/C36H53N7O7/c1-5-10-25(34(48)50-35(49)39-23-15-16-23)40-32(46)28-24-14-9-13-22(24)20-43(28)33(47)29(36(2,3)4)42-31(45)27(21-11-7-6-8-12-21)41-30(44)26-19-37-17-18-38-26/h17-19,21-25,27-29H,5-16,20H2,1-4H3,(H,39,49)(H,40,46)(H,41,44)(H,42,45). The number of rotatable bonds is 12. The summed E-state index contributed by atoms with van der Waals surface area (Å²) >= 11 is 0. The molecule has 1 aromatic heterocycles. The summed E-state index contributed by atoms with van der Waals surface area (Å²) in [6.45, 7) is 7.79. The summed E-state index contributed by atoms with van der Waals surface area (Å²) in [7, 11) is 0. The summed E-state index contributed by atoms with van der Waals surface area (Å²) < 4.78 is 5.03. The first-order chi connectivity index (χ1) is 23.9. The third-order valence-electron chi connectivity index (χ3n) is 10.6. The molecule has 3 aliphatic carbocycles. The number of esters is 1. The first-order valence-corrected chi connectivity index (χ1v) is 18.4. The fourth-order valence-electron chi connectivity index (χ4n) is 7.79. The van der Waals surface area contributed by atoms with Crippen LogP contribution in [-0.2, 0) is 23.9 Å². The Kier molecular flexibility index (Phi) is 12.1. The maximum absolute atomic E-state index is 14.6. The zero-order valence-corrected chi connectivity index (χ0v) is 29.7. The van der Waals surface area contributed by atoms with E-state index in [-0.39, 0.29) is 41.8 Å². The SMILES string of the molecule is CCCC(NC(=O)C1C2CCCC2CN1C(=O)C(NC(=O)C(NC(=O)c1cnccn1)C1CCCCC1)C(C)(C)C)C(=O)OC(=O)NC1CC1. The van der Waals surface area contributed by atoms with Gasteiger partial charge in [-0.3, -0.25) is 24.2 Å². The number of carbonyl (C=O) groups excluding carboxylic acids is 6. The van der Waals surface area contributed by atoms with Crippen molar-refractivity contribution in [3.05, 3.63) is 24.3 Å². The molecule has 4 aliphatic rings. The van der Waals surface area contributed by atoms with Crippen LogP contribution in [0.25, 0.3) is 0 Å². The van der Waals surface area contributed by atoms with Crippen molar-refractivity contribution in [1.82, 2.24) is 36.1 Å². The van der Waals surface area contributed by atoms with E-state index in [0.29, 0.717) is 13.0 Å². The fourth-order valence-corrected chi connectivity index (χ4v) is 7.79. The van der Waals surface area contributed by atoms with E-state index in [4.69, 9.17) is 4.74 Å². The van der Waals surface area contributed by atoms with E-state index >= 15 is 0 Å². The summed E-state index contributed by atoms with van der Waals surface area (Å²) in [6, 6.07) is -3.80. The lowest BCUT2D eigenvalue weighted by Crippen LogP contribution is -2.62. The van der Waals surface area contributed by atoms with E-state index < -0.39 is 59.4 Å². The van der Waals surface area contributed by atoms with Gasteiger partial charge in [-0.05, 0) is 68.1 Å². The Bertz CT molecular complexity index is 1410. The Labute approximate surface area is 294 Å². The van der Waals surface area contributed by atoms with E-state index in [1.807, 2.05) is 27.7 Å². The normalized spacial score (nSPS) is 23.9. The van der Waals surface area contributed by atoms with Crippen LogP contribution in [0, 0.1) is 23.2 Å². The summed E-state index contributed by atoms with van der Waals surface area (Å²) in [5, 5.41) is 11.3. The summed E-state index contributed by atoms with van der Waals surface area (Å²) in [5.41, 5.74) is -0.656. The Hall–Kier alpha value is -4.10. The minimum atomic E-state index is -1.05. The molecule has 2 heterocycles. The molecule has 5 amide bonds. The van der Waals surface area contributed by atoms with Crippen LogP contribution in [0.1, 0.15) is 115 Å². The fraction of sp³-hybridized carbons (Fsp3) is 0.722. The lowest BCUT2D eigenvalue weighted by atomic mass is 9.82. The quantitative estimate of drug-likeness (QED) is 0.188. The molecule has 4 N–H and O–H groups in total. The van der Waals surface area contributed by atoms with Crippen LogP contribution >= 0.6 is 0 Å². The van der Waals surface area contributed by atoms with Gasteiger partial charge in [0.1, 0.15) is 29.9 Å². The highest BCUT2D eigenvalue weighted by Crippen LogP contribution is 2.43. The number of likely N-dealkylation sites (tertiary alicyclic amines) is 1. The average Bonchev–Trinajstić information content (AvgIpc) is 3.65. The van der Waals surface area contributed by atoms with Crippen molar-refractivity contribution in [2.45, 2.75) is 135 Å². The number of amides is 5. The zero-order valence-electron chi connectivity index (χ0n) is 29.7. The second kappa shape index (κ2) is 16.3. The molecule has 50 heavy (non-hydrogen) atoms. The third kappa shape index (κ3) is 9.16. The largest absolute Gasteiger partial charge is 0.415 e. The van der Waals surface area contributed by atoms with Gasteiger partial charge in [-0.25, -0.2) is 14.6 Å². The molecule has 3 saturated carbocycles. The smallest absolute Gasteiger partial charge is 0.375 e. The maximum Gasteiger partial charge on any atom is 0.415 e. The van der Waals surface area contributed by atoms with Gasteiger partial charge in [0, 0.05) is 25.0 Å². The number of aromatic nitrogens is 2. The second-order valence-corrected chi connectivity index (χ2v) is 15.5. The maximum atomic E-state index is 14.6. The van der Waals surface area contributed by atoms with Crippen molar-refractivity contribution >= 4 is 35.7 Å². The Morgan fingerprint density at radius 1 is 0.920 bits per heavy atom. The molecule has 14 heteroatoms. The molecule has 6 atom stereocenters. The summed E-state index contributed by atoms with van der Waals surface area (Å²) in [6.07, 6.45) is 12.9. The van der Waals surface area contributed by atoms with Crippen molar-refractivity contribution in [3.63, 3.8) is 0 Å². The first-order valence-electron chi connectivity index (χ1n) is 18.4. The van der Waals surface area contributed by atoms with E-state index in [0.717, 1.165) is 64.2 Å². The second-order valence-electron chi connectivity index (χ2n) is 15.5. The molecule has 1 aliphatic heterocycles. The van der Waals surface area contributed by atoms with Gasteiger partial charge < -0.3 is 30.9 Å². The molecular formula is C36H53N7O7. The van der Waals surface area contributed by atoms with E-state index in [9.17, 15) is 28.8 Å². The van der Waals surface area contributed by atoms with Crippen LogP contribution in [-0.4, -0.2) is 87.3 Å². The molecular weight excluding hydrogens is 642 g/mol. The van der Waals surface area contributed by atoms with Crippen LogP contribution in [0.3, 0.4) is 0 Å². The lowest BCUT2D eigenvalue weighted by Gasteiger charge is -2.38. The highest BCUT2D eigenvalue weighted by Gasteiger charge is 2.52. The van der Waals surface area contributed by atoms with Crippen molar-refractivity contribution in [2.75, 3.05) is 6.54 Å². The molecule has 6 unspecified atom stereocenters. The zero-order chi connectivity index (χ0) is 36.0. The van der Waals surface area contributed by atoms with Crippen molar-refractivity contribution < 1.29 is 33.5 Å². The van der Waals surface area contributed by atoms with E-state index in [1.54, 1.807) is 4.90 Å². The van der Waals surface area contributed by atoms with Gasteiger partial charge in [-0.1, -0.05) is 59.8 Å². The van der Waals surface area contributed by atoms with Gasteiger partial charge in [0.15, 0.2) is 0 Å². The number of carbonyl (C=O) groups is 6. The monoisotopic (exact) mass is 695 g/mol. The van der Waals surface area contributed by atoms with Crippen molar-refractivity contribution in [3.8, 4) is 0 Å². The van der Waals surface area contributed by atoms with Gasteiger partial charge in [-0.2, -0.15) is 0 Å². The highest BCUT2D eigenvalue weighted by molar-refractivity contribution is 5.98. The number of ether oxygens (including phenoxy) is 1. The number of alkyl carbamates (subject to hydrolysis) is 1. The predicted molar refractivity (Wildman–Crippen MR) is 182 cm³/mol. The molecule has 274 valence electrons. The minimum absolute atomic E-state index is 0.00973. The number of hydrogen-bond donors (Lipinski definition) is 4. The molecule has 1 aromatic rings. The van der Waals surface area contributed by atoms with Crippen LogP contribution in [0.4, 0.5) is 4.79 Å². The third-order valence-corrected chi connectivity index (χ3v) is 10.6. The molecule has 0 spiro atoms. The van der Waals surface area contributed by atoms with Gasteiger partial charge in [-0.15, -0.1) is 0 Å². The van der Waals surface area contributed by atoms with Gasteiger partial charge in [0.25, 0.3) is 5.91 Å². The molecule has 1 saturated heterocycles. The van der Waals surface area contributed by atoms with Gasteiger partial charge >= 0.3 is 12.1 Å². The number of nitrogens with one attached hydrogen (secondary N) is 4. The van der Waals surface area contributed by atoms with E-state index in [1.165, 1.54) is 18.6 Å². The van der Waals surface area contributed by atoms with Crippen LogP contribution < -0.4 is 21.3 Å². The van der Waals surface area contributed by atoms with Gasteiger partial charge in [0.2, 0.25) is 17.7 Å². The Morgan fingerprint density at radius 2 is 1.66 bits per heavy atom. The Morgan fingerprint density at radius 3 is 2.30 bits per heavy atom. The number of nitrogens with zero attached hydrogens (tertiary/aromatic N) is 3. The van der Waals surface area contributed by atoms with Gasteiger partial charge in [0.05, 0.1) is 6.20 Å². The van der Waals surface area contributed by atoms with Crippen LogP contribution in [0.2, 0.25) is 0 Å². The molecule has 5 rings (SSSR count). The summed E-state index contributed by atoms with van der Waals surface area (Å²) in [4.78, 5) is 90.8. The lowest BCUT2D eigenvalue weighted by molar-refractivity contribution is -0.147. The topological polar surface area (TPSA) is 189 Å². The molecule has 0 aromatic carbocycles.